The summed E-state index contributed by atoms with van der Waals surface area (Å²) in [5.41, 5.74) is -1.71. The van der Waals surface area contributed by atoms with Crippen LogP contribution in [0.4, 0.5) is 27.6 Å². The zero-order valence-electron chi connectivity index (χ0n) is 13.9. The van der Waals surface area contributed by atoms with Crippen molar-refractivity contribution in [1.82, 2.24) is 4.98 Å². The van der Waals surface area contributed by atoms with Gasteiger partial charge in [-0.05, 0) is 23.8 Å². The number of aliphatic hydroxyl groups is 1. The minimum Gasteiger partial charge on any atom is -0.439 e. The molecule has 0 saturated carbocycles. The molecule has 0 saturated heterocycles. The number of anilines is 1. The molecule has 5 nitrogen and oxygen atoms in total. The van der Waals surface area contributed by atoms with Gasteiger partial charge in [-0.15, -0.1) is 0 Å². The Kier molecular flexibility index (Phi) is 4.11. The minimum atomic E-state index is -4.11. The molecule has 0 fully saturated rings. The van der Waals surface area contributed by atoms with E-state index in [9.17, 15) is 31.9 Å². The van der Waals surface area contributed by atoms with Crippen molar-refractivity contribution in [3.63, 3.8) is 0 Å². The lowest BCUT2D eigenvalue weighted by Crippen LogP contribution is -2.34. The van der Waals surface area contributed by atoms with Gasteiger partial charge in [-0.25, -0.2) is 18.2 Å². The summed E-state index contributed by atoms with van der Waals surface area (Å²) in [6, 6.07) is 6.75. The predicted molar refractivity (Wildman–Crippen MR) is 86.5 cm³/mol. The number of oxazole rings is 1. The first-order valence-corrected chi connectivity index (χ1v) is 8.04. The summed E-state index contributed by atoms with van der Waals surface area (Å²) >= 11 is 0. The Morgan fingerprint density at radius 2 is 1.96 bits per heavy atom. The highest BCUT2D eigenvalue weighted by Gasteiger charge is 2.55. The van der Waals surface area contributed by atoms with E-state index in [4.69, 9.17) is 4.42 Å². The quantitative estimate of drug-likeness (QED) is 0.677. The van der Waals surface area contributed by atoms with Crippen molar-refractivity contribution in [3.8, 4) is 0 Å². The van der Waals surface area contributed by atoms with Gasteiger partial charge >= 0.3 is 11.8 Å². The fraction of sp³-hybridized carbons (Fsp3) is 0.222. The molecule has 1 N–H and O–H groups in total. The van der Waals surface area contributed by atoms with Crippen molar-refractivity contribution in [2.75, 3.05) is 4.90 Å². The summed E-state index contributed by atoms with van der Waals surface area (Å²) in [7, 11) is 0. The number of hydrogen-bond acceptors (Lipinski definition) is 4. The number of fused-ring (bicyclic) bond motifs is 2. The van der Waals surface area contributed by atoms with Gasteiger partial charge in [0, 0.05) is 6.07 Å². The number of amides is 1. The smallest absolute Gasteiger partial charge is 0.352 e. The van der Waals surface area contributed by atoms with E-state index in [-0.39, 0.29) is 22.7 Å². The average Bonchev–Trinajstić information content (AvgIpc) is 3.13. The molecule has 1 atom stereocenters. The van der Waals surface area contributed by atoms with Crippen LogP contribution >= 0.6 is 0 Å². The molecule has 1 aromatic heterocycles. The number of hydrogen-bond donors (Lipinski definition) is 1. The summed E-state index contributed by atoms with van der Waals surface area (Å²) in [6.07, 6.45) is -5.78. The van der Waals surface area contributed by atoms with Crippen LogP contribution in [-0.2, 0) is 17.3 Å². The van der Waals surface area contributed by atoms with Crippen LogP contribution in [-0.4, -0.2) is 22.4 Å². The molecule has 3 aromatic rings. The van der Waals surface area contributed by atoms with E-state index in [1.165, 1.54) is 12.1 Å². The van der Waals surface area contributed by atoms with Gasteiger partial charge in [-0.1, -0.05) is 12.1 Å². The maximum atomic E-state index is 14.6. The molecule has 1 amide bonds. The molecule has 0 aliphatic carbocycles. The summed E-state index contributed by atoms with van der Waals surface area (Å²) in [6.45, 7) is -0.522. The van der Waals surface area contributed by atoms with Crippen LogP contribution in [0.15, 0.2) is 40.8 Å². The van der Waals surface area contributed by atoms with E-state index < -0.39 is 47.8 Å². The first-order valence-electron chi connectivity index (χ1n) is 8.04. The van der Waals surface area contributed by atoms with E-state index in [0.29, 0.717) is 4.90 Å². The van der Waals surface area contributed by atoms with Gasteiger partial charge in [0.1, 0.15) is 24.0 Å². The molecule has 10 heteroatoms. The number of carbonyl (C=O) groups is 1. The highest BCUT2D eigenvalue weighted by atomic mass is 19.3. The molecule has 2 heterocycles. The molecular formula is C18H11F5N2O3. The number of aliphatic hydroxyl groups excluding tert-OH is 1. The Hall–Kier alpha value is -3.01. The van der Waals surface area contributed by atoms with Gasteiger partial charge < -0.3 is 9.52 Å². The highest BCUT2D eigenvalue weighted by Crippen LogP contribution is 2.48. The number of benzene rings is 2. The SMILES string of the molecule is O=C1N(Cc2nc3cc(F)ccc3o2)c2cccc(C(O)C(F)F)c2C1(F)F. The fourth-order valence-corrected chi connectivity index (χ4v) is 3.20. The van der Waals surface area contributed by atoms with Crippen molar-refractivity contribution < 1.29 is 36.3 Å². The monoisotopic (exact) mass is 398 g/mol. The van der Waals surface area contributed by atoms with Crippen LogP contribution in [0.2, 0.25) is 0 Å². The second-order valence-corrected chi connectivity index (χ2v) is 6.21. The first kappa shape index (κ1) is 18.4. The molecule has 2 aromatic carbocycles. The van der Waals surface area contributed by atoms with Gasteiger partial charge in [0.25, 0.3) is 6.43 Å². The van der Waals surface area contributed by atoms with Crippen LogP contribution < -0.4 is 4.90 Å². The maximum absolute atomic E-state index is 14.6. The molecular weight excluding hydrogens is 387 g/mol. The molecule has 1 unspecified atom stereocenters. The number of carbonyl (C=O) groups excluding carboxylic acids is 1. The number of alkyl halides is 4. The fourth-order valence-electron chi connectivity index (χ4n) is 3.20. The largest absolute Gasteiger partial charge is 0.439 e. The molecule has 4 rings (SSSR count). The van der Waals surface area contributed by atoms with Crippen molar-refractivity contribution in [2.24, 2.45) is 0 Å². The zero-order valence-corrected chi connectivity index (χ0v) is 13.9. The third kappa shape index (κ3) is 2.71. The van der Waals surface area contributed by atoms with Crippen LogP contribution in [0.5, 0.6) is 0 Å². The van der Waals surface area contributed by atoms with Crippen LogP contribution in [0.25, 0.3) is 11.1 Å². The van der Waals surface area contributed by atoms with E-state index >= 15 is 0 Å². The van der Waals surface area contributed by atoms with Gasteiger partial charge in [0.2, 0.25) is 5.89 Å². The number of nitrogens with zero attached hydrogens (tertiary/aromatic N) is 2. The second-order valence-electron chi connectivity index (χ2n) is 6.21. The van der Waals surface area contributed by atoms with Crippen molar-refractivity contribution in [3.05, 3.63) is 59.2 Å². The number of aromatic nitrogens is 1. The van der Waals surface area contributed by atoms with Crippen molar-refractivity contribution >= 4 is 22.7 Å². The Balaban J connectivity index is 1.77. The van der Waals surface area contributed by atoms with Gasteiger partial charge in [0.15, 0.2) is 5.58 Å². The molecule has 1 aliphatic heterocycles. The molecule has 1 aliphatic rings. The Bertz CT molecular complexity index is 1080. The third-order valence-corrected chi connectivity index (χ3v) is 4.44. The zero-order chi connectivity index (χ0) is 20.2. The normalized spacial score (nSPS) is 16.8. The van der Waals surface area contributed by atoms with Gasteiger partial charge in [-0.2, -0.15) is 8.78 Å². The Morgan fingerprint density at radius 3 is 2.68 bits per heavy atom. The lowest BCUT2D eigenvalue weighted by Gasteiger charge is -2.17. The summed E-state index contributed by atoms with van der Waals surface area (Å²) in [5.74, 6) is -6.49. The lowest BCUT2D eigenvalue weighted by molar-refractivity contribution is -0.142. The van der Waals surface area contributed by atoms with E-state index in [2.05, 4.69) is 4.98 Å². The lowest BCUT2D eigenvalue weighted by atomic mass is 9.98. The van der Waals surface area contributed by atoms with Gasteiger partial charge in [0.05, 0.1) is 11.3 Å². The Morgan fingerprint density at radius 1 is 1.21 bits per heavy atom. The second kappa shape index (κ2) is 6.26. The molecule has 0 spiro atoms. The molecule has 0 radical (unpaired) electrons. The van der Waals surface area contributed by atoms with E-state index in [1.807, 2.05) is 0 Å². The summed E-state index contributed by atoms with van der Waals surface area (Å²) < 4.78 is 73.5. The summed E-state index contributed by atoms with van der Waals surface area (Å²) in [4.78, 5) is 16.9. The van der Waals surface area contributed by atoms with Crippen molar-refractivity contribution in [1.29, 1.82) is 0 Å². The minimum absolute atomic E-state index is 0.135. The summed E-state index contributed by atoms with van der Waals surface area (Å²) in [5, 5.41) is 9.60. The number of rotatable bonds is 4. The third-order valence-electron chi connectivity index (χ3n) is 4.44. The number of halogens is 5. The van der Waals surface area contributed by atoms with E-state index in [0.717, 1.165) is 24.3 Å². The maximum Gasteiger partial charge on any atom is 0.352 e. The first-order chi connectivity index (χ1) is 13.2. The highest BCUT2D eigenvalue weighted by molar-refractivity contribution is 6.06. The molecule has 28 heavy (non-hydrogen) atoms. The van der Waals surface area contributed by atoms with Crippen LogP contribution in [0.1, 0.15) is 23.1 Å². The van der Waals surface area contributed by atoms with Crippen LogP contribution in [0, 0.1) is 5.82 Å². The van der Waals surface area contributed by atoms with Crippen molar-refractivity contribution in [2.45, 2.75) is 25.0 Å². The standard InChI is InChI=1S/C18H11F5N2O3/c19-8-4-5-12-10(6-8)24-13(28-12)7-25-11-3-1-2-9(15(26)16(20)21)14(11)18(22,23)17(25)27/h1-6,15-16,26H,7H2. The molecule has 0 bridgehead atoms. The van der Waals surface area contributed by atoms with Crippen LogP contribution in [0.3, 0.4) is 0 Å². The molecule has 146 valence electrons. The topological polar surface area (TPSA) is 66.6 Å². The Labute approximate surface area is 154 Å². The predicted octanol–water partition coefficient (Wildman–Crippen LogP) is 3.90. The average molecular weight is 398 g/mol. The van der Waals surface area contributed by atoms with Gasteiger partial charge in [-0.3, -0.25) is 9.69 Å². The van der Waals surface area contributed by atoms with E-state index in [1.54, 1.807) is 0 Å².